The first-order chi connectivity index (χ1) is 16.6. The van der Waals surface area contributed by atoms with Gasteiger partial charge in [-0.2, -0.15) is 0 Å². The van der Waals surface area contributed by atoms with Crippen molar-refractivity contribution < 1.29 is 19.1 Å². The fraction of sp³-hybridized carbons (Fsp3) is 0.292. The third-order valence-electron chi connectivity index (χ3n) is 4.77. The number of aromatic nitrogens is 3. The van der Waals surface area contributed by atoms with E-state index >= 15 is 0 Å². The maximum atomic E-state index is 12.5. The van der Waals surface area contributed by atoms with Gasteiger partial charge in [-0.3, -0.25) is 9.59 Å². The Morgan fingerprint density at radius 2 is 1.77 bits per heavy atom. The van der Waals surface area contributed by atoms with Crippen LogP contribution >= 0.6 is 23.4 Å². The van der Waals surface area contributed by atoms with E-state index in [1.807, 2.05) is 0 Å². The maximum Gasteiger partial charge on any atom is 0.338 e. The molecule has 0 bridgehead atoms. The molecule has 1 atom stereocenters. The van der Waals surface area contributed by atoms with Crippen LogP contribution in [0.4, 0.5) is 5.69 Å². The third kappa shape index (κ3) is 7.30. The Labute approximate surface area is 212 Å². The van der Waals surface area contributed by atoms with Crippen LogP contribution in [0.25, 0.3) is 0 Å². The van der Waals surface area contributed by atoms with Crippen LogP contribution in [-0.2, 0) is 16.6 Å². The molecule has 184 valence electrons. The largest absolute Gasteiger partial charge is 0.459 e. The molecule has 9 nitrogen and oxygen atoms in total. The lowest BCUT2D eigenvalue weighted by Crippen LogP contribution is -2.28. The second-order valence-electron chi connectivity index (χ2n) is 7.97. The fourth-order valence-corrected chi connectivity index (χ4v) is 3.95. The number of anilines is 1. The van der Waals surface area contributed by atoms with E-state index in [0.717, 1.165) is 0 Å². The van der Waals surface area contributed by atoms with Gasteiger partial charge >= 0.3 is 5.97 Å². The van der Waals surface area contributed by atoms with Gasteiger partial charge in [-0.15, -0.1) is 10.2 Å². The van der Waals surface area contributed by atoms with Crippen molar-refractivity contribution in [3.05, 3.63) is 70.5 Å². The molecule has 0 unspecified atom stereocenters. The highest BCUT2D eigenvalue weighted by Crippen LogP contribution is 2.20. The van der Waals surface area contributed by atoms with Gasteiger partial charge in [0.15, 0.2) is 11.0 Å². The Morgan fingerprint density at radius 1 is 1.06 bits per heavy atom. The van der Waals surface area contributed by atoms with Crippen molar-refractivity contribution in [3.8, 4) is 0 Å². The zero-order valence-electron chi connectivity index (χ0n) is 19.7. The molecule has 0 aliphatic heterocycles. The first-order valence-electron chi connectivity index (χ1n) is 10.8. The molecule has 0 spiro atoms. The minimum absolute atomic E-state index is 0.0815. The second-order valence-corrected chi connectivity index (χ2v) is 9.35. The number of carbonyl (C=O) groups excluding carboxylic acids is 3. The monoisotopic (exact) mass is 515 g/mol. The predicted octanol–water partition coefficient (Wildman–Crippen LogP) is 4.26. The number of benzene rings is 2. The summed E-state index contributed by atoms with van der Waals surface area (Å²) >= 11 is 7.08. The lowest BCUT2D eigenvalue weighted by Gasteiger charge is -2.13. The summed E-state index contributed by atoms with van der Waals surface area (Å²) in [5, 5.41) is 15.0. The van der Waals surface area contributed by atoms with Crippen LogP contribution < -0.4 is 10.6 Å². The molecule has 0 saturated carbocycles. The minimum atomic E-state index is -0.450. The summed E-state index contributed by atoms with van der Waals surface area (Å²) in [6, 6.07) is 12.7. The molecule has 11 heteroatoms. The highest BCUT2D eigenvalue weighted by molar-refractivity contribution is 7.99. The van der Waals surface area contributed by atoms with E-state index in [0.29, 0.717) is 32.8 Å². The Morgan fingerprint density at radius 3 is 2.46 bits per heavy atom. The van der Waals surface area contributed by atoms with Gasteiger partial charge in [0, 0.05) is 23.3 Å². The summed E-state index contributed by atoms with van der Waals surface area (Å²) < 4.78 is 6.91. The summed E-state index contributed by atoms with van der Waals surface area (Å²) in [6.07, 6.45) is -0.234. The molecule has 2 N–H and O–H groups in total. The molecular weight excluding hydrogens is 490 g/mol. The summed E-state index contributed by atoms with van der Waals surface area (Å²) in [5.41, 5.74) is 1.33. The summed E-state index contributed by atoms with van der Waals surface area (Å²) in [7, 11) is 1.77. The first-order valence-corrected chi connectivity index (χ1v) is 12.2. The van der Waals surface area contributed by atoms with Gasteiger partial charge in [0.05, 0.1) is 23.5 Å². The Balaban J connectivity index is 1.56. The molecular formula is C24H26ClN5O4S. The zero-order valence-corrected chi connectivity index (χ0v) is 21.3. The van der Waals surface area contributed by atoms with Crippen LogP contribution in [0.15, 0.2) is 53.7 Å². The average Bonchev–Trinajstić information content (AvgIpc) is 3.18. The number of esters is 1. The Kier molecular flexibility index (Phi) is 8.89. The van der Waals surface area contributed by atoms with Gasteiger partial charge in [0.1, 0.15) is 0 Å². The quantitative estimate of drug-likeness (QED) is 0.323. The number of nitrogens with one attached hydrogen (secondary N) is 2. The van der Waals surface area contributed by atoms with Crippen molar-refractivity contribution >= 4 is 46.8 Å². The van der Waals surface area contributed by atoms with Crippen LogP contribution in [0.3, 0.4) is 0 Å². The highest BCUT2D eigenvalue weighted by atomic mass is 35.5. The topological polar surface area (TPSA) is 115 Å². The van der Waals surface area contributed by atoms with Gasteiger partial charge in [0.2, 0.25) is 5.91 Å². The van der Waals surface area contributed by atoms with Crippen LogP contribution in [0.5, 0.6) is 0 Å². The van der Waals surface area contributed by atoms with Crippen LogP contribution in [-0.4, -0.2) is 44.4 Å². The number of rotatable bonds is 9. The third-order valence-corrected chi connectivity index (χ3v) is 6.04. The number of hydrogen-bond acceptors (Lipinski definition) is 7. The van der Waals surface area contributed by atoms with E-state index in [4.69, 9.17) is 16.3 Å². The van der Waals surface area contributed by atoms with E-state index in [1.165, 1.54) is 11.8 Å². The highest BCUT2D eigenvalue weighted by Gasteiger charge is 2.19. The molecule has 0 aliphatic carbocycles. The average molecular weight is 516 g/mol. The van der Waals surface area contributed by atoms with Crippen molar-refractivity contribution in [2.24, 2.45) is 7.05 Å². The van der Waals surface area contributed by atoms with Crippen LogP contribution in [0, 0.1) is 0 Å². The molecule has 0 aliphatic rings. The van der Waals surface area contributed by atoms with E-state index in [9.17, 15) is 14.4 Å². The van der Waals surface area contributed by atoms with Gasteiger partial charge in [0.25, 0.3) is 5.91 Å². The van der Waals surface area contributed by atoms with E-state index in [-0.39, 0.29) is 23.7 Å². The zero-order chi connectivity index (χ0) is 25.5. The molecule has 0 fully saturated rings. The molecule has 0 radical (unpaired) electrons. The van der Waals surface area contributed by atoms with E-state index < -0.39 is 12.0 Å². The SMILES string of the molecule is CC(C)OC(=O)c1cccc(NC(=O)CSc2nnc([C@@H](C)NC(=O)c3ccc(Cl)cc3)n2C)c1. The molecule has 35 heavy (non-hydrogen) atoms. The molecule has 0 saturated heterocycles. The van der Waals surface area contributed by atoms with Crippen molar-refractivity contribution in [1.29, 1.82) is 0 Å². The molecule has 3 rings (SSSR count). The van der Waals surface area contributed by atoms with Gasteiger partial charge < -0.3 is 19.9 Å². The van der Waals surface area contributed by atoms with Crippen molar-refractivity contribution in [3.63, 3.8) is 0 Å². The lowest BCUT2D eigenvalue weighted by atomic mass is 10.2. The maximum absolute atomic E-state index is 12.5. The Hall–Kier alpha value is -3.37. The minimum Gasteiger partial charge on any atom is -0.459 e. The van der Waals surface area contributed by atoms with E-state index in [2.05, 4.69) is 20.8 Å². The first kappa shape index (κ1) is 26.2. The van der Waals surface area contributed by atoms with Crippen LogP contribution in [0.1, 0.15) is 53.4 Å². The number of carbonyl (C=O) groups is 3. The van der Waals surface area contributed by atoms with Gasteiger partial charge in [-0.05, 0) is 63.2 Å². The predicted molar refractivity (Wildman–Crippen MR) is 135 cm³/mol. The smallest absolute Gasteiger partial charge is 0.338 e. The van der Waals surface area contributed by atoms with Crippen LogP contribution in [0.2, 0.25) is 5.02 Å². The van der Waals surface area contributed by atoms with Gasteiger partial charge in [-0.1, -0.05) is 29.4 Å². The lowest BCUT2D eigenvalue weighted by molar-refractivity contribution is -0.113. The fourth-order valence-electron chi connectivity index (χ4n) is 3.11. The van der Waals surface area contributed by atoms with Crippen molar-refractivity contribution in [2.75, 3.05) is 11.1 Å². The molecule has 1 heterocycles. The number of amides is 2. The summed E-state index contributed by atoms with van der Waals surface area (Å²) in [5.74, 6) is -0.345. The number of thioether (sulfide) groups is 1. The van der Waals surface area contributed by atoms with Crippen molar-refractivity contribution in [2.45, 2.75) is 38.1 Å². The normalized spacial score (nSPS) is 11.7. The van der Waals surface area contributed by atoms with E-state index in [1.54, 1.807) is 80.9 Å². The second kappa shape index (κ2) is 11.9. The number of halogens is 1. The summed E-state index contributed by atoms with van der Waals surface area (Å²) in [4.78, 5) is 37.0. The van der Waals surface area contributed by atoms with Gasteiger partial charge in [-0.25, -0.2) is 4.79 Å². The standard InChI is InChI=1S/C24H26ClN5O4S/c1-14(2)34-23(33)17-6-5-7-19(12-17)27-20(31)13-35-24-29-28-21(30(24)4)15(3)26-22(32)16-8-10-18(25)11-9-16/h5-12,14-15H,13H2,1-4H3,(H,26,32)(H,27,31)/t15-/m1/s1. The molecule has 1 aromatic heterocycles. The Bertz CT molecular complexity index is 1210. The number of ether oxygens (including phenoxy) is 1. The molecule has 2 aromatic carbocycles. The summed E-state index contributed by atoms with van der Waals surface area (Å²) in [6.45, 7) is 5.34. The number of hydrogen-bond donors (Lipinski definition) is 2. The molecule has 2 amide bonds. The number of nitrogens with zero attached hydrogens (tertiary/aromatic N) is 3. The molecule has 3 aromatic rings. The van der Waals surface area contributed by atoms with Crippen molar-refractivity contribution in [1.82, 2.24) is 20.1 Å².